The second kappa shape index (κ2) is 17.7. The third-order valence-corrected chi connectivity index (χ3v) is 6.12. The van der Waals surface area contributed by atoms with Crippen LogP contribution >= 0.6 is 0 Å². The van der Waals surface area contributed by atoms with Crippen LogP contribution in [-0.2, 0) is 0 Å². The zero-order valence-electron chi connectivity index (χ0n) is 18.6. The van der Waals surface area contributed by atoms with Crippen LogP contribution in [0.4, 0.5) is 0 Å². The number of aliphatic hydroxyl groups is 1. The van der Waals surface area contributed by atoms with E-state index < -0.39 is 0 Å². The van der Waals surface area contributed by atoms with Crippen molar-refractivity contribution in [3.05, 3.63) is 12.2 Å². The first kappa shape index (κ1) is 24.7. The average Bonchev–Trinajstić information content (AvgIpc) is 2.66. The van der Waals surface area contributed by atoms with Gasteiger partial charge >= 0.3 is 0 Å². The summed E-state index contributed by atoms with van der Waals surface area (Å²) in [6, 6.07) is 0.429. The zero-order chi connectivity index (χ0) is 19.6. The first-order valence-electron chi connectivity index (χ1n) is 12.3. The third kappa shape index (κ3) is 15.3. The summed E-state index contributed by atoms with van der Waals surface area (Å²) in [4.78, 5) is 0. The molecule has 0 saturated carbocycles. The molecule has 0 aliphatic heterocycles. The number of allylic oxidation sites excluding steroid dienone is 2. The van der Waals surface area contributed by atoms with Gasteiger partial charge in [0.05, 0.1) is 0 Å². The molecule has 2 N–H and O–H groups in total. The van der Waals surface area contributed by atoms with Crippen LogP contribution in [0.5, 0.6) is 0 Å². The van der Waals surface area contributed by atoms with Crippen molar-refractivity contribution in [1.82, 2.24) is 5.32 Å². The van der Waals surface area contributed by atoms with Crippen molar-refractivity contribution in [2.24, 2.45) is 5.92 Å². The standard InChI is InChI=1S/C25H49NO/c1-3-4-5-6-7-8-9-10-11-12-13-14-18-21-25(27)26-23(2)22-24-19-16-15-17-20-24/h15-16,23-27H,3-14,17-22H2,1-2H3/t23-,24?,25?/m1/s1. The molecule has 0 aromatic carbocycles. The highest BCUT2D eigenvalue weighted by Crippen LogP contribution is 2.23. The summed E-state index contributed by atoms with van der Waals surface area (Å²) in [7, 11) is 0. The minimum absolute atomic E-state index is 0.313. The Morgan fingerprint density at radius 2 is 1.41 bits per heavy atom. The molecular formula is C25H49NO. The lowest BCUT2D eigenvalue weighted by Crippen LogP contribution is -2.37. The fraction of sp³-hybridized carbons (Fsp3) is 0.920. The molecule has 0 saturated heterocycles. The summed E-state index contributed by atoms with van der Waals surface area (Å²) in [6.07, 6.45) is 28.1. The van der Waals surface area contributed by atoms with Crippen molar-refractivity contribution in [2.75, 3.05) is 0 Å². The molecular weight excluding hydrogens is 330 g/mol. The SMILES string of the molecule is CCCCCCCCCCCCCCCC(O)N[C@H](C)CC1CC=CCC1. The number of rotatable bonds is 18. The highest BCUT2D eigenvalue weighted by Gasteiger charge is 2.15. The highest BCUT2D eigenvalue weighted by atomic mass is 16.3. The molecule has 1 aliphatic carbocycles. The Bertz CT molecular complexity index is 341. The topological polar surface area (TPSA) is 32.3 Å². The van der Waals surface area contributed by atoms with Gasteiger partial charge in [0.1, 0.15) is 6.23 Å². The van der Waals surface area contributed by atoms with Crippen molar-refractivity contribution in [3.63, 3.8) is 0 Å². The molecule has 0 amide bonds. The second-order valence-corrected chi connectivity index (χ2v) is 9.00. The first-order chi connectivity index (χ1) is 13.2. The number of hydrogen-bond donors (Lipinski definition) is 2. The maximum atomic E-state index is 10.2. The van der Waals surface area contributed by atoms with Gasteiger partial charge in [0.2, 0.25) is 0 Å². The van der Waals surface area contributed by atoms with E-state index in [-0.39, 0.29) is 6.23 Å². The van der Waals surface area contributed by atoms with E-state index in [1.807, 2.05) is 0 Å². The lowest BCUT2D eigenvalue weighted by molar-refractivity contribution is 0.107. The molecule has 0 spiro atoms. The molecule has 1 rings (SSSR count). The summed E-state index contributed by atoms with van der Waals surface area (Å²) in [5, 5.41) is 13.6. The monoisotopic (exact) mass is 379 g/mol. The van der Waals surface area contributed by atoms with Gasteiger partial charge in [0.15, 0.2) is 0 Å². The van der Waals surface area contributed by atoms with Crippen molar-refractivity contribution in [2.45, 2.75) is 142 Å². The van der Waals surface area contributed by atoms with Gasteiger partial charge < -0.3 is 5.11 Å². The Labute approximate surface area is 170 Å². The van der Waals surface area contributed by atoms with Gasteiger partial charge in [-0.1, -0.05) is 96.1 Å². The van der Waals surface area contributed by atoms with Crippen LogP contribution in [0.15, 0.2) is 12.2 Å². The fourth-order valence-corrected chi connectivity index (χ4v) is 4.41. The van der Waals surface area contributed by atoms with E-state index >= 15 is 0 Å². The minimum Gasteiger partial charge on any atom is -0.379 e. The average molecular weight is 380 g/mol. The smallest absolute Gasteiger partial charge is 0.105 e. The molecule has 0 heterocycles. The van der Waals surface area contributed by atoms with Crippen LogP contribution in [0.1, 0.15) is 129 Å². The molecule has 1 aliphatic rings. The molecule has 0 aromatic rings. The Kier molecular flexibility index (Phi) is 16.2. The molecule has 2 nitrogen and oxygen atoms in total. The van der Waals surface area contributed by atoms with Crippen molar-refractivity contribution in [3.8, 4) is 0 Å². The van der Waals surface area contributed by atoms with Gasteiger partial charge in [-0.05, 0) is 51.4 Å². The summed E-state index contributed by atoms with van der Waals surface area (Å²) >= 11 is 0. The molecule has 2 unspecified atom stereocenters. The van der Waals surface area contributed by atoms with Crippen LogP contribution < -0.4 is 5.32 Å². The largest absolute Gasteiger partial charge is 0.379 e. The minimum atomic E-state index is -0.313. The van der Waals surface area contributed by atoms with E-state index in [2.05, 4.69) is 31.3 Å². The van der Waals surface area contributed by atoms with E-state index in [0.29, 0.717) is 6.04 Å². The van der Waals surface area contributed by atoms with E-state index in [0.717, 1.165) is 18.8 Å². The van der Waals surface area contributed by atoms with Crippen LogP contribution in [0, 0.1) is 5.92 Å². The summed E-state index contributed by atoms with van der Waals surface area (Å²) in [5.74, 6) is 0.807. The fourth-order valence-electron chi connectivity index (χ4n) is 4.41. The number of unbranched alkanes of at least 4 members (excludes halogenated alkanes) is 12. The maximum absolute atomic E-state index is 10.2. The van der Waals surface area contributed by atoms with Crippen LogP contribution in [-0.4, -0.2) is 17.4 Å². The number of hydrogen-bond acceptors (Lipinski definition) is 2. The predicted molar refractivity (Wildman–Crippen MR) is 120 cm³/mol. The lowest BCUT2D eigenvalue weighted by Gasteiger charge is -2.24. The predicted octanol–water partition coefficient (Wildman–Crippen LogP) is 7.51. The molecule has 0 aromatic heterocycles. The Morgan fingerprint density at radius 1 is 0.852 bits per heavy atom. The maximum Gasteiger partial charge on any atom is 0.105 e. The first-order valence-corrected chi connectivity index (χ1v) is 12.3. The number of nitrogens with one attached hydrogen (secondary N) is 1. The van der Waals surface area contributed by atoms with Crippen molar-refractivity contribution < 1.29 is 5.11 Å². The Hall–Kier alpha value is -0.340. The van der Waals surface area contributed by atoms with Gasteiger partial charge in [-0.2, -0.15) is 0 Å². The summed E-state index contributed by atoms with van der Waals surface area (Å²) in [6.45, 7) is 4.51. The molecule has 27 heavy (non-hydrogen) atoms. The van der Waals surface area contributed by atoms with Crippen molar-refractivity contribution in [1.29, 1.82) is 0 Å². The van der Waals surface area contributed by atoms with Gasteiger partial charge in [0.25, 0.3) is 0 Å². The normalized spacial score (nSPS) is 19.3. The van der Waals surface area contributed by atoms with E-state index in [1.54, 1.807) is 0 Å². The number of aliphatic hydroxyl groups excluding tert-OH is 1. The second-order valence-electron chi connectivity index (χ2n) is 9.00. The van der Waals surface area contributed by atoms with Crippen LogP contribution in [0.25, 0.3) is 0 Å². The summed E-state index contributed by atoms with van der Waals surface area (Å²) in [5.41, 5.74) is 0. The van der Waals surface area contributed by atoms with E-state index in [9.17, 15) is 5.11 Å². The van der Waals surface area contributed by atoms with Crippen LogP contribution in [0.2, 0.25) is 0 Å². The van der Waals surface area contributed by atoms with Crippen LogP contribution in [0.3, 0.4) is 0 Å². The van der Waals surface area contributed by atoms with Gasteiger partial charge in [0, 0.05) is 6.04 Å². The van der Waals surface area contributed by atoms with E-state index in [4.69, 9.17) is 0 Å². The van der Waals surface area contributed by atoms with Crippen molar-refractivity contribution >= 4 is 0 Å². The molecule has 0 fully saturated rings. The van der Waals surface area contributed by atoms with Gasteiger partial charge in [-0.25, -0.2) is 0 Å². The lowest BCUT2D eigenvalue weighted by atomic mass is 9.89. The Morgan fingerprint density at radius 3 is 1.93 bits per heavy atom. The zero-order valence-corrected chi connectivity index (χ0v) is 18.6. The third-order valence-electron chi connectivity index (χ3n) is 6.12. The molecule has 160 valence electrons. The highest BCUT2D eigenvalue weighted by molar-refractivity contribution is 4.90. The molecule has 0 bridgehead atoms. The quantitative estimate of drug-likeness (QED) is 0.147. The van der Waals surface area contributed by atoms with E-state index in [1.165, 1.54) is 103 Å². The molecule has 3 atom stereocenters. The van der Waals surface area contributed by atoms with Gasteiger partial charge in [-0.3, -0.25) is 5.32 Å². The molecule has 2 heteroatoms. The summed E-state index contributed by atoms with van der Waals surface area (Å²) < 4.78 is 0. The molecule has 0 radical (unpaired) electrons. The van der Waals surface area contributed by atoms with Gasteiger partial charge in [-0.15, -0.1) is 0 Å². The Balaban J connectivity index is 1.82.